The van der Waals surface area contributed by atoms with Crippen LogP contribution in [0.15, 0.2) is 88.1 Å². The van der Waals surface area contributed by atoms with E-state index in [9.17, 15) is 4.79 Å². The monoisotopic (exact) mass is 348 g/mol. The van der Waals surface area contributed by atoms with Gasteiger partial charge in [0.25, 0.3) is 5.91 Å². The average molecular weight is 349 g/mol. The first-order valence-corrected chi connectivity index (χ1v) is 8.10. The van der Waals surface area contributed by atoms with Crippen molar-refractivity contribution in [2.45, 2.75) is 0 Å². The van der Waals surface area contributed by atoms with Gasteiger partial charge in [-0.05, 0) is 36.4 Å². The number of nitrogens with zero attached hydrogens (tertiary/aromatic N) is 2. The maximum atomic E-state index is 13.0. The predicted molar refractivity (Wildman–Crippen MR) is 98.6 cm³/mol. The first-order chi connectivity index (χ1) is 12.2. The molecule has 0 fully saturated rings. The van der Waals surface area contributed by atoms with Gasteiger partial charge in [-0.3, -0.25) is 9.69 Å². The quantitative estimate of drug-likeness (QED) is 0.640. The molecule has 0 unspecified atom stereocenters. The van der Waals surface area contributed by atoms with E-state index in [0.717, 1.165) is 5.69 Å². The highest BCUT2D eigenvalue weighted by Gasteiger charge is 2.33. The van der Waals surface area contributed by atoms with Crippen LogP contribution in [0.5, 0.6) is 0 Å². The Morgan fingerprint density at radius 1 is 0.960 bits per heavy atom. The van der Waals surface area contributed by atoms with Gasteiger partial charge < -0.3 is 4.42 Å². The molecule has 0 aliphatic carbocycles. The van der Waals surface area contributed by atoms with E-state index < -0.39 is 0 Å². The summed E-state index contributed by atoms with van der Waals surface area (Å²) < 4.78 is 5.31. The fraction of sp³-hybridized carbons (Fsp3) is 0. The molecule has 0 saturated carbocycles. The molecule has 0 radical (unpaired) electrons. The van der Waals surface area contributed by atoms with Crippen molar-refractivity contribution in [2.75, 3.05) is 4.90 Å². The van der Waals surface area contributed by atoms with Crippen LogP contribution in [0.2, 0.25) is 5.02 Å². The van der Waals surface area contributed by atoms with E-state index in [1.165, 1.54) is 0 Å². The van der Waals surface area contributed by atoms with Crippen LogP contribution in [0, 0.1) is 0 Å². The molecule has 0 bridgehead atoms. The molecular formula is C20H13ClN2O2. The highest BCUT2D eigenvalue weighted by atomic mass is 35.5. The number of para-hydroxylation sites is 1. The van der Waals surface area contributed by atoms with Gasteiger partial charge in [0.05, 0.1) is 17.0 Å². The van der Waals surface area contributed by atoms with Gasteiger partial charge in [0.1, 0.15) is 17.3 Å². The third kappa shape index (κ3) is 2.88. The molecule has 5 heteroatoms. The second-order valence-corrected chi connectivity index (χ2v) is 5.84. The topological polar surface area (TPSA) is 45.8 Å². The number of amides is 1. The molecular weight excluding hydrogens is 336 g/mol. The van der Waals surface area contributed by atoms with Gasteiger partial charge in [0, 0.05) is 11.6 Å². The average Bonchev–Trinajstić information content (AvgIpc) is 3.25. The zero-order chi connectivity index (χ0) is 17.2. The Kier molecular flexibility index (Phi) is 3.96. The van der Waals surface area contributed by atoms with Crippen molar-refractivity contribution >= 4 is 35.1 Å². The number of hydrogen-bond acceptors (Lipinski definition) is 3. The molecule has 2 heterocycles. The Hall–Kier alpha value is -3.11. The zero-order valence-corrected chi connectivity index (χ0v) is 13.9. The Labute approximate surface area is 149 Å². The molecule has 0 spiro atoms. The maximum Gasteiger partial charge on any atom is 0.282 e. The largest absolute Gasteiger partial charge is 0.465 e. The van der Waals surface area contributed by atoms with Crippen molar-refractivity contribution in [1.82, 2.24) is 0 Å². The molecule has 1 amide bonds. The number of benzene rings is 2. The van der Waals surface area contributed by atoms with Crippen molar-refractivity contribution in [3.8, 4) is 0 Å². The summed E-state index contributed by atoms with van der Waals surface area (Å²) in [5.41, 5.74) is 1.73. The van der Waals surface area contributed by atoms with Crippen molar-refractivity contribution in [3.63, 3.8) is 0 Å². The lowest BCUT2D eigenvalue weighted by molar-refractivity contribution is -0.113. The first kappa shape index (κ1) is 15.4. The van der Waals surface area contributed by atoms with E-state index in [2.05, 4.69) is 4.99 Å². The summed E-state index contributed by atoms with van der Waals surface area (Å²) in [7, 11) is 0. The van der Waals surface area contributed by atoms with Crippen LogP contribution < -0.4 is 4.90 Å². The van der Waals surface area contributed by atoms with Gasteiger partial charge >= 0.3 is 0 Å². The highest BCUT2D eigenvalue weighted by molar-refractivity contribution is 6.39. The van der Waals surface area contributed by atoms with Crippen LogP contribution in [-0.2, 0) is 4.79 Å². The number of amidine groups is 1. The van der Waals surface area contributed by atoms with Crippen LogP contribution in [-0.4, -0.2) is 11.7 Å². The standard InChI is InChI=1S/C20H13ClN2O2/c21-17-11-5-4-10-16(17)19-22-18(13-15-9-6-12-25-15)20(24)23(19)14-7-2-1-3-8-14/h1-13H/b18-13+. The van der Waals surface area contributed by atoms with Gasteiger partial charge in [-0.1, -0.05) is 41.9 Å². The molecule has 1 aromatic heterocycles. The van der Waals surface area contributed by atoms with E-state index in [0.29, 0.717) is 27.9 Å². The lowest BCUT2D eigenvalue weighted by Crippen LogP contribution is -2.32. The van der Waals surface area contributed by atoms with E-state index in [1.54, 1.807) is 35.4 Å². The van der Waals surface area contributed by atoms with Crippen LogP contribution >= 0.6 is 11.6 Å². The number of carbonyl (C=O) groups excluding carboxylic acids is 1. The number of halogens is 1. The molecule has 0 saturated heterocycles. The van der Waals surface area contributed by atoms with E-state index >= 15 is 0 Å². The summed E-state index contributed by atoms with van der Waals surface area (Å²) in [4.78, 5) is 19.1. The highest BCUT2D eigenvalue weighted by Crippen LogP contribution is 2.30. The van der Waals surface area contributed by atoms with Crippen LogP contribution in [0.1, 0.15) is 11.3 Å². The molecule has 4 nitrogen and oxygen atoms in total. The van der Waals surface area contributed by atoms with Gasteiger partial charge in [0.2, 0.25) is 0 Å². The second kappa shape index (κ2) is 6.42. The molecule has 0 atom stereocenters. The second-order valence-electron chi connectivity index (χ2n) is 5.44. The van der Waals surface area contributed by atoms with Crippen LogP contribution in [0.4, 0.5) is 5.69 Å². The minimum absolute atomic E-state index is 0.225. The molecule has 1 aliphatic rings. The minimum Gasteiger partial charge on any atom is -0.465 e. The Morgan fingerprint density at radius 2 is 1.72 bits per heavy atom. The summed E-state index contributed by atoms with van der Waals surface area (Å²) in [6, 6.07) is 20.2. The van der Waals surface area contributed by atoms with Gasteiger partial charge in [-0.25, -0.2) is 4.99 Å². The van der Waals surface area contributed by atoms with Gasteiger partial charge in [-0.2, -0.15) is 0 Å². The van der Waals surface area contributed by atoms with Crippen molar-refractivity contribution in [1.29, 1.82) is 0 Å². The number of hydrogen-bond donors (Lipinski definition) is 0. The lowest BCUT2D eigenvalue weighted by Gasteiger charge is -2.19. The summed E-state index contributed by atoms with van der Waals surface area (Å²) in [6.07, 6.45) is 3.18. The Morgan fingerprint density at radius 3 is 2.44 bits per heavy atom. The van der Waals surface area contributed by atoms with E-state index in [4.69, 9.17) is 16.0 Å². The number of anilines is 1. The zero-order valence-electron chi connectivity index (χ0n) is 13.1. The molecule has 3 aromatic rings. The number of aliphatic imine (C=N–C) groups is 1. The molecule has 25 heavy (non-hydrogen) atoms. The van der Waals surface area contributed by atoms with Crippen LogP contribution in [0.25, 0.3) is 6.08 Å². The molecule has 2 aromatic carbocycles. The third-order valence-electron chi connectivity index (χ3n) is 3.81. The first-order valence-electron chi connectivity index (χ1n) is 7.72. The van der Waals surface area contributed by atoms with Crippen molar-refractivity contribution in [2.24, 2.45) is 4.99 Å². The third-order valence-corrected chi connectivity index (χ3v) is 4.14. The number of furan rings is 1. The van der Waals surface area contributed by atoms with Crippen molar-refractivity contribution in [3.05, 3.63) is 95.0 Å². The van der Waals surface area contributed by atoms with E-state index in [-0.39, 0.29) is 5.91 Å². The van der Waals surface area contributed by atoms with E-state index in [1.807, 2.05) is 48.5 Å². The van der Waals surface area contributed by atoms with Crippen molar-refractivity contribution < 1.29 is 9.21 Å². The Bertz CT molecular complexity index is 976. The molecule has 1 aliphatic heterocycles. The van der Waals surface area contributed by atoms with Gasteiger partial charge in [0.15, 0.2) is 0 Å². The normalized spacial score (nSPS) is 15.7. The summed E-state index contributed by atoms with van der Waals surface area (Å²) in [6.45, 7) is 0. The lowest BCUT2D eigenvalue weighted by atomic mass is 10.1. The van der Waals surface area contributed by atoms with Crippen LogP contribution in [0.3, 0.4) is 0 Å². The fourth-order valence-corrected chi connectivity index (χ4v) is 2.88. The SMILES string of the molecule is O=C1/C(=C\c2ccco2)N=C(c2ccccc2Cl)N1c1ccccc1. The smallest absolute Gasteiger partial charge is 0.282 e. The predicted octanol–water partition coefficient (Wildman–Crippen LogP) is 4.77. The molecule has 4 rings (SSSR count). The minimum atomic E-state index is -0.225. The summed E-state index contributed by atoms with van der Waals surface area (Å²) in [5, 5.41) is 0.536. The van der Waals surface area contributed by atoms with Gasteiger partial charge in [-0.15, -0.1) is 0 Å². The number of rotatable bonds is 3. The summed E-state index contributed by atoms with van der Waals surface area (Å²) in [5.74, 6) is 0.845. The molecule has 122 valence electrons. The molecule has 0 N–H and O–H groups in total. The Balaban J connectivity index is 1.86. The number of carbonyl (C=O) groups is 1. The fourth-order valence-electron chi connectivity index (χ4n) is 2.66. The summed E-state index contributed by atoms with van der Waals surface area (Å²) >= 11 is 6.34. The maximum absolute atomic E-state index is 13.0.